The first-order valence-corrected chi connectivity index (χ1v) is 8.60. The van der Waals surface area contributed by atoms with Gasteiger partial charge >= 0.3 is 6.09 Å². The van der Waals surface area contributed by atoms with Gasteiger partial charge in [0.15, 0.2) is 0 Å². The zero-order chi connectivity index (χ0) is 17.5. The molecule has 1 amide bonds. The first-order valence-electron chi connectivity index (χ1n) is 7.85. The van der Waals surface area contributed by atoms with Gasteiger partial charge in [0.05, 0.1) is 0 Å². The largest absolute Gasteiger partial charge is 0.444 e. The number of hydrogen-bond donors (Lipinski definition) is 1. The third kappa shape index (κ3) is 8.45. The fourth-order valence-corrected chi connectivity index (χ4v) is 2.62. The second kappa shape index (κ2) is 9.36. The Hall–Kier alpha value is -0.970. The fraction of sp³-hybridized carbons (Fsp3) is 0.588. The van der Waals surface area contributed by atoms with Crippen molar-refractivity contribution in [1.82, 2.24) is 10.2 Å². The highest BCUT2D eigenvalue weighted by atomic mass is 35.5. The van der Waals surface area contributed by atoms with Gasteiger partial charge < -0.3 is 15.0 Å². The summed E-state index contributed by atoms with van der Waals surface area (Å²) in [6, 6.07) is 5.49. The van der Waals surface area contributed by atoms with Gasteiger partial charge in [-0.25, -0.2) is 4.79 Å². The Kier molecular flexibility index (Phi) is 8.17. The van der Waals surface area contributed by atoms with Crippen molar-refractivity contribution in [2.45, 2.75) is 46.3 Å². The molecule has 6 heteroatoms. The number of carbonyl (C=O) groups is 1. The lowest BCUT2D eigenvalue weighted by Gasteiger charge is -2.26. The molecule has 4 nitrogen and oxygen atoms in total. The molecule has 1 aromatic carbocycles. The van der Waals surface area contributed by atoms with Gasteiger partial charge in [-0.1, -0.05) is 23.2 Å². The predicted molar refractivity (Wildman–Crippen MR) is 96.3 cm³/mol. The highest BCUT2D eigenvalue weighted by Gasteiger charge is 2.20. The van der Waals surface area contributed by atoms with Crippen LogP contribution in [0.5, 0.6) is 0 Å². The maximum Gasteiger partial charge on any atom is 0.410 e. The van der Waals surface area contributed by atoms with Crippen LogP contribution in [0.25, 0.3) is 0 Å². The summed E-state index contributed by atoms with van der Waals surface area (Å²) in [5.74, 6) is 0. The zero-order valence-corrected chi connectivity index (χ0v) is 15.8. The van der Waals surface area contributed by atoms with Crippen LogP contribution in [0.4, 0.5) is 4.79 Å². The number of nitrogens with one attached hydrogen (secondary N) is 1. The summed E-state index contributed by atoms with van der Waals surface area (Å²) in [5, 5.41) is 4.60. The van der Waals surface area contributed by atoms with Crippen molar-refractivity contribution in [3.05, 3.63) is 33.8 Å². The lowest BCUT2D eigenvalue weighted by Crippen LogP contribution is -2.38. The summed E-state index contributed by atoms with van der Waals surface area (Å²) in [5.41, 5.74) is 0.580. The smallest absolute Gasteiger partial charge is 0.410 e. The molecule has 23 heavy (non-hydrogen) atoms. The zero-order valence-electron chi connectivity index (χ0n) is 14.3. The van der Waals surface area contributed by atoms with Gasteiger partial charge in [0.25, 0.3) is 0 Å². The molecule has 1 N–H and O–H groups in total. The van der Waals surface area contributed by atoms with E-state index in [1.54, 1.807) is 11.0 Å². The van der Waals surface area contributed by atoms with Crippen LogP contribution in [0.1, 0.15) is 39.7 Å². The monoisotopic (exact) mass is 360 g/mol. The van der Waals surface area contributed by atoms with Crippen molar-refractivity contribution in [3.8, 4) is 0 Å². The average molecular weight is 361 g/mol. The van der Waals surface area contributed by atoms with Gasteiger partial charge in [-0.3, -0.25) is 0 Å². The molecule has 0 bridgehead atoms. The van der Waals surface area contributed by atoms with Crippen LogP contribution in [0.3, 0.4) is 0 Å². The van der Waals surface area contributed by atoms with E-state index in [1.165, 1.54) is 0 Å². The van der Waals surface area contributed by atoms with E-state index in [-0.39, 0.29) is 6.09 Å². The van der Waals surface area contributed by atoms with E-state index in [1.807, 2.05) is 39.8 Å². The van der Waals surface area contributed by atoms with Crippen molar-refractivity contribution in [2.75, 3.05) is 19.6 Å². The molecule has 0 radical (unpaired) electrons. The van der Waals surface area contributed by atoms with Gasteiger partial charge in [-0.05, 0) is 64.4 Å². The molecule has 0 saturated heterocycles. The van der Waals surface area contributed by atoms with Crippen LogP contribution >= 0.6 is 23.2 Å². The molecule has 0 atom stereocenters. The minimum Gasteiger partial charge on any atom is -0.444 e. The number of benzene rings is 1. The summed E-state index contributed by atoms with van der Waals surface area (Å²) >= 11 is 11.9. The Morgan fingerprint density at radius 1 is 1.22 bits per heavy atom. The van der Waals surface area contributed by atoms with Crippen molar-refractivity contribution in [3.63, 3.8) is 0 Å². The van der Waals surface area contributed by atoms with Gasteiger partial charge in [-0.2, -0.15) is 0 Å². The third-order valence-electron chi connectivity index (χ3n) is 3.07. The Labute approximate surface area is 149 Å². The number of amides is 1. The molecular formula is C17H26Cl2N2O2. The summed E-state index contributed by atoms with van der Waals surface area (Å²) in [7, 11) is 0. The molecule has 0 heterocycles. The van der Waals surface area contributed by atoms with Crippen molar-refractivity contribution >= 4 is 29.3 Å². The van der Waals surface area contributed by atoms with Gasteiger partial charge in [-0.15, -0.1) is 0 Å². The lowest BCUT2D eigenvalue weighted by atomic mass is 10.2. The normalized spacial score (nSPS) is 11.4. The van der Waals surface area contributed by atoms with E-state index >= 15 is 0 Å². The van der Waals surface area contributed by atoms with E-state index < -0.39 is 5.60 Å². The van der Waals surface area contributed by atoms with Crippen LogP contribution in [-0.4, -0.2) is 36.2 Å². The van der Waals surface area contributed by atoms with E-state index in [0.29, 0.717) is 29.7 Å². The average Bonchev–Trinajstić information content (AvgIpc) is 2.39. The summed E-state index contributed by atoms with van der Waals surface area (Å²) in [4.78, 5) is 13.7. The van der Waals surface area contributed by atoms with Crippen LogP contribution < -0.4 is 5.32 Å². The fourth-order valence-electron chi connectivity index (χ4n) is 2.05. The Balaban J connectivity index is 2.31. The number of halogens is 2. The van der Waals surface area contributed by atoms with Crippen LogP contribution in [0.15, 0.2) is 18.2 Å². The number of nitrogens with zero attached hydrogens (tertiary/aromatic N) is 1. The van der Waals surface area contributed by atoms with Gasteiger partial charge in [0.2, 0.25) is 0 Å². The van der Waals surface area contributed by atoms with Crippen molar-refractivity contribution in [1.29, 1.82) is 0 Å². The molecule has 1 aromatic rings. The number of ether oxygens (including phenoxy) is 1. The highest BCUT2D eigenvalue weighted by Crippen LogP contribution is 2.18. The number of hydrogen-bond acceptors (Lipinski definition) is 3. The second-order valence-corrected chi connectivity index (χ2v) is 7.24. The van der Waals surface area contributed by atoms with Crippen LogP contribution in [-0.2, 0) is 11.3 Å². The summed E-state index contributed by atoms with van der Waals surface area (Å²) < 4.78 is 5.38. The molecule has 130 valence electrons. The molecule has 0 aliphatic rings. The molecule has 0 aromatic heterocycles. The van der Waals surface area contributed by atoms with Crippen LogP contribution in [0.2, 0.25) is 10.0 Å². The minimum absolute atomic E-state index is 0.262. The standard InChI is InChI=1S/C17H26Cl2N2O2/c1-5-21(16(22)23-17(2,3)4)8-6-7-20-12-13-9-14(18)11-15(19)10-13/h9-11,20H,5-8,12H2,1-4H3. The van der Waals surface area contributed by atoms with Crippen molar-refractivity contribution < 1.29 is 9.53 Å². The second-order valence-electron chi connectivity index (χ2n) is 6.37. The molecule has 1 rings (SSSR count). The van der Waals surface area contributed by atoms with Gasteiger partial charge in [0.1, 0.15) is 5.60 Å². The summed E-state index contributed by atoms with van der Waals surface area (Å²) in [6.45, 7) is 10.4. The SMILES string of the molecule is CCN(CCCNCc1cc(Cl)cc(Cl)c1)C(=O)OC(C)(C)C. The third-order valence-corrected chi connectivity index (χ3v) is 3.50. The molecule has 0 spiro atoms. The number of carbonyl (C=O) groups excluding carboxylic acids is 1. The Bertz CT molecular complexity index is 496. The maximum atomic E-state index is 12.0. The molecule has 0 unspecified atom stereocenters. The van der Waals surface area contributed by atoms with E-state index in [4.69, 9.17) is 27.9 Å². The maximum absolute atomic E-state index is 12.0. The van der Waals surface area contributed by atoms with E-state index in [2.05, 4.69) is 5.32 Å². The first kappa shape index (κ1) is 20.1. The Morgan fingerprint density at radius 2 is 1.83 bits per heavy atom. The van der Waals surface area contributed by atoms with E-state index in [9.17, 15) is 4.79 Å². The molecule has 0 fully saturated rings. The van der Waals surface area contributed by atoms with E-state index in [0.717, 1.165) is 18.5 Å². The lowest BCUT2D eigenvalue weighted by molar-refractivity contribution is 0.0258. The van der Waals surface area contributed by atoms with Crippen LogP contribution in [0, 0.1) is 0 Å². The predicted octanol–water partition coefficient (Wildman–Crippen LogP) is 4.73. The van der Waals surface area contributed by atoms with Crippen molar-refractivity contribution in [2.24, 2.45) is 0 Å². The minimum atomic E-state index is -0.464. The first-order chi connectivity index (χ1) is 10.7. The number of rotatable bonds is 7. The summed E-state index contributed by atoms with van der Waals surface area (Å²) in [6.07, 6.45) is 0.586. The molecule has 0 aliphatic carbocycles. The highest BCUT2D eigenvalue weighted by molar-refractivity contribution is 6.34. The van der Waals surface area contributed by atoms with Gasteiger partial charge in [0, 0.05) is 29.7 Å². The quantitative estimate of drug-likeness (QED) is 0.714. The Morgan fingerprint density at radius 3 is 2.35 bits per heavy atom. The molecule has 0 saturated carbocycles. The molecular weight excluding hydrogens is 335 g/mol. The molecule has 0 aliphatic heterocycles. The topological polar surface area (TPSA) is 41.6 Å².